The lowest BCUT2D eigenvalue weighted by atomic mass is 10.1. The summed E-state index contributed by atoms with van der Waals surface area (Å²) in [4.78, 5) is 0. The first-order valence-corrected chi connectivity index (χ1v) is 4.61. The molecular formula is C10H8F6O2. The van der Waals surface area contributed by atoms with Crippen molar-refractivity contribution >= 4 is 0 Å². The van der Waals surface area contributed by atoms with Crippen LogP contribution in [0.1, 0.15) is 11.1 Å². The van der Waals surface area contributed by atoms with E-state index in [4.69, 9.17) is 0 Å². The molecule has 1 aromatic carbocycles. The van der Waals surface area contributed by atoms with Gasteiger partial charge in [0, 0.05) is 0 Å². The molecule has 0 saturated carbocycles. The van der Waals surface area contributed by atoms with E-state index in [1.165, 1.54) is 13.8 Å². The second-order valence-corrected chi connectivity index (χ2v) is 3.48. The minimum Gasteiger partial charge on any atom is -0.405 e. The molecule has 0 saturated heterocycles. The molecule has 0 bridgehead atoms. The van der Waals surface area contributed by atoms with Crippen molar-refractivity contribution in [3.05, 3.63) is 23.3 Å². The van der Waals surface area contributed by atoms with Crippen LogP contribution in [0.3, 0.4) is 0 Å². The van der Waals surface area contributed by atoms with Crippen molar-refractivity contribution in [2.75, 3.05) is 0 Å². The highest BCUT2D eigenvalue weighted by molar-refractivity contribution is 5.45. The van der Waals surface area contributed by atoms with Crippen LogP contribution in [0.25, 0.3) is 0 Å². The van der Waals surface area contributed by atoms with Crippen LogP contribution in [-0.4, -0.2) is 12.7 Å². The van der Waals surface area contributed by atoms with Crippen LogP contribution >= 0.6 is 0 Å². The highest BCUT2D eigenvalue weighted by atomic mass is 19.4. The first-order valence-electron chi connectivity index (χ1n) is 4.61. The molecule has 102 valence electrons. The van der Waals surface area contributed by atoms with Gasteiger partial charge in [-0.25, -0.2) is 0 Å². The summed E-state index contributed by atoms with van der Waals surface area (Å²) < 4.78 is 79.3. The third-order valence-electron chi connectivity index (χ3n) is 1.92. The van der Waals surface area contributed by atoms with Gasteiger partial charge in [0.15, 0.2) is 0 Å². The first kappa shape index (κ1) is 14.5. The minimum absolute atomic E-state index is 0.114. The molecule has 0 fully saturated rings. The largest absolute Gasteiger partial charge is 0.573 e. The molecule has 0 N–H and O–H groups in total. The van der Waals surface area contributed by atoms with Crippen molar-refractivity contribution in [3.8, 4) is 11.5 Å². The normalized spacial score (nSPS) is 12.4. The van der Waals surface area contributed by atoms with Gasteiger partial charge in [0.1, 0.15) is 11.5 Å². The van der Waals surface area contributed by atoms with Gasteiger partial charge >= 0.3 is 12.7 Å². The third-order valence-corrected chi connectivity index (χ3v) is 1.92. The van der Waals surface area contributed by atoms with E-state index in [0.29, 0.717) is 0 Å². The summed E-state index contributed by atoms with van der Waals surface area (Å²) >= 11 is 0. The van der Waals surface area contributed by atoms with Crippen molar-refractivity contribution < 1.29 is 35.8 Å². The van der Waals surface area contributed by atoms with E-state index in [1.807, 2.05) is 0 Å². The maximum absolute atomic E-state index is 12.0. The second-order valence-electron chi connectivity index (χ2n) is 3.48. The minimum atomic E-state index is -4.90. The van der Waals surface area contributed by atoms with Crippen LogP contribution in [0, 0.1) is 13.8 Å². The number of ether oxygens (including phenoxy) is 2. The molecule has 1 rings (SSSR count). The molecule has 0 radical (unpaired) electrons. The number of rotatable bonds is 2. The first-order chi connectivity index (χ1) is 7.98. The quantitative estimate of drug-likeness (QED) is 0.756. The van der Waals surface area contributed by atoms with Gasteiger partial charge in [0.25, 0.3) is 0 Å². The molecule has 0 aromatic heterocycles. The van der Waals surface area contributed by atoms with E-state index in [9.17, 15) is 26.3 Å². The average Bonchev–Trinajstić information content (AvgIpc) is 2.08. The van der Waals surface area contributed by atoms with Gasteiger partial charge in [-0.05, 0) is 37.1 Å². The molecule has 8 heteroatoms. The molecule has 0 aliphatic rings. The maximum Gasteiger partial charge on any atom is 0.573 e. The van der Waals surface area contributed by atoms with Crippen LogP contribution < -0.4 is 9.47 Å². The molecule has 0 aliphatic heterocycles. The Morgan fingerprint density at radius 2 is 1.00 bits per heavy atom. The Kier molecular flexibility index (Phi) is 3.68. The fourth-order valence-corrected chi connectivity index (χ4v) is 1.23. The lowest BCUT2D eigenvalue weighted by Crippen LogP contribution is -2.19. The highest BCUT2D eigenvalue weighted by Crippen LogP contribution is 2.34. The molecule has 0 atom stereocenters. The number of aryl methyl sites for hydroxylation is 2. The molecule has 0 heterocycles. The molecule has 0 aliphatic carbocycles. The van der Waals surface area contributed by atoms with Crippen LogP contribution in [0.4, 0.5) is 26.3 Å². The summed E-state index contributed by atoms with van der Waals surface area (Å²) in [5, 5.41) is 0. The summed E-state index contributed by atoms with van der Waals surface area (Å²) in [6.07, 6.45) is -9.80. The number of hydrogen-bond acceptors (Lipinski definition) is 2. The van der Waals surface area contributed by atoms with Crippen LogP contribution in [-0.2, 0) is 0 Å². The number of benzene rings is 1. The van der Waals surface area contributed by atoms with Crippen molar-refractivity contribution in [1.82, 2.24) is 0 Å². The van der Waals surface area contributed by atoms with Crippen molar-refractivity contribution in [1.29, 1.82) is 0 Å². The molecular weight excluding hydrogens is 266 g/mol. The predicted molar refractivity (Wildman–Crippen MR) is 49.3 cm³/mol. The summed E-state index contributed by atoms with van der Waals surface area (Å²) in [6.45, 7) is 2.37. The maximum atomic E-state index is 12.0. The summed E-state index contributed by atoms with van der Waals surface area (Å²) in [5.74, 6) is -1.12. The van der Waals surface area contributed by atoms with Crippen LogP contribution in [0.15, 0.2) is 12.1 Å². The Morgan fingerprint density at radius 3 is 1.22 bits per heavy atom. The summed E-state index contributed by atoms with van der Waals surface area (Å²) in [5.41, 5.74) is -0.227. The van der Waals surface area contributed by atoms with E-state index in [1.54, 1.807) is 0 Å². The average molecular weight is 274 g/mol. The smallest absolute Gasteiger partial charge is 0.405 e. The van der Waals surface area contributed by atoms with E-state index >= 15 is 0 Å². The lowest BCUT2D eigenvalue weighted by molar-refractivity contribution is -0.277. The fraction of sp³-hybridized carbons (Fsp3) is 0.400. The molecule has 0 spiro atoms. The predicted octanol–water partition coefficient (Wildman–Crippen LogP) is 4.10. The Balaban J connectivity index is 3.05. The van der Waals surface area contributed by atoms with Crippen LogP contribution in [0.2, 0.25) is 0 Å². The van der Waals surface area contributed by atoms with Gasteiger partial charge in [-0.2, -0.15) is 0 Å². The third kappa shape index (κ3) is 4.34. The molecule has 1 aromatic rings. The fourth-order valence-electron chi connectivity index (χ4n) is 1.23. The van der Waals surface area contributed by atoms with E-state index in [0.717, 1.165) is 12.1 Å². The van der Waals surface area contributed by atoms with Gasteiger partial charge in [0.2, 0.25) is 0 Å². The topological polar surface area (TPSA) is 18.5 Å². The number of alkyl halides is 6. The van der Waals surface area contributed by atoms with E-state index < -0.39 is 24.2 Å². The van der Waals surface area contributed by atoms with Gasteiger partial charge in [0.05, 0.1) is 0 Å². The Morgan fingerprint density at radius 1 is 0.722 bits per heavy atom. The van der Waals surface area contributed by atoms with Crippen molar-refractivity contribution in [3.63, 3.8) is 0 Å². The molecule has 2 nitrogen and oxygen atoms in total. The number of hydrogen-bond donors (Lipinski definition) is 0. The standard InChI is InChI=1S/C10H8F6O2/c1-5-3-8(18-10(14,15)16)6(2)4-7(5)17-9(11,12)13/h3-4H,1-2H3. The van der Waals surface area contributed by atoms with Gasteiger partial charge in [-0.15, -0.1) is 26.3 Å². The SMILES string of the molecule is Cc1cc(OC(F)(F)F)c(C)cc1OC(F)(F)F. The Labute approximate surface area is 98.1 Å². The number of halogens is 6. The lowest BCUT2D eigenvalue weighted by Gasteiger charge is -2.16. The van der Waals surface area contributed by atoms with Gasteiger partial charge in [-0.1, -0.05) is 0 Å². The zero-order chi connectivity index (χ0) is 14.1. The molecule has 0 amide bonds. The van der Waals surface area contributed by atoms with Crippen molar-refractivity contribution in [2.45, 2.75) is 26.6 Å². The Hall–Kier alpha value is -1.60. The van der Waals surface area contributed by atoms with E-state index in [2.05, 4.69) is 9.47 Å². The van der Waals surface area contributed by atoms with Crippen molar-refractivity contribution in [2.24, 2.45) is 0 Å². The van der Waals surface area contributed by atoms with Gasteiger partial charge in [-0.3, -0.25) is 0 Å². The summed E-state index contributed by atoms with van der Waals surface area (Å²) in [6, 6.07) is 1.67. The zero-order valence-electron chi connectivity index (χ0n) is 9.24. The Bertz CT molecular complexity index is 393. The second kappa shape index (κ2) is 4.58. The van der Waals surface area contributed by atoms with Crippen LogP contribution in [0.5, 0.6) is 11.5 Å². The van der Waals surface area contributed by atoms with E-state index in [-0.39, 0.29) is 11.1 Å². The highest BCUT2D eigenvalue weighted by Gasteiger charge is 2.34. The van der Waals surface area contributed by atoms with Gasteiger partial charge < -0.3 is 9.47 Å². The zero-order valence-corrected chi connectivity index (χ0v) is 9.24. The monoisotopic (exact) mass is 274 g/mol. The molecule has 0 unspecified atom stereocenters. The molecule has 18 heavy (non-hydrogen) atoms. The summed E-state index contributed by atoms with van der Waals surface area (Å²) in [7, 11) is 0.